The molecule has 1 amide bonds. The zero-order chi connectivity index (χ0) is 19.2. The number of hydrogen-bond donors (Lipinski definition) is 2. The molecular formula is C21H23N3O3. The number of nitrogens with two attached hydrogens (primary N) is 1. The Hall–Kier alpha value is -3.12. The molecule has 27 heavy (non-hydrogen) atoms. The summed E-state index contributed by atoms with van der Waals surface area (Å²) < 4.78 is 10.8. The van der Waals surface area contributed by atoms with Crippen molar-refractivity contribution in [3.05, 3.63) is 65.4 Å². The quantitative estimate of drug-likeness (QED) is 0.672. The minimum atomic E-state index is -0.187. The number of aryl methyl sites for hydroxylation is 1. The van der Waals surface area contributed by atoms with Crippen molar-refractivity contribution in [1.29, 1.82) is 0 Å². The third kappa shape index (κ3) is 4.17. The fourth-order valence-electron chi connectivity index (χ4n) is 2.90. The maximum atomic E-state index is 12.6. The van der Waals surface area contributed by atoms with E-state index in [1.807, 2.05) is 31.2 Å². The predicted molar refractivity (Wildman–Crippen MR) is 105 cm³/mol. The summed E-state index contributed by atoms with van der Waals surface area (Å²) in [6.45, 7) is 3.17. The van der Waals surface area contributed by atoms with Gasteiger partial charge < -0.3 is 20.5 Å². The van der Waals surface area contributed by atoms with Crippen LogP contribution in [0, 0.1) is 6.92 Å². The molecular weight excluding hydrogens is 342 g/mol. The molecule has 0 spiro atoms. The van der Waals surface area contributed by atoms with Crippen molar-refractivity contribution < 1.29 is 14.3 Å². The van der Waals surface area contributed by atoms with E-state index >= 15 is 0 Å². The lowest BCUT2D eigenvalue weighted by molar-refractivity contribution is 0.0950. The Morgan fingerprint density at radius 1 is 1.19 bits per heavy atom. The van der Waals surface area contributed by atoms with Crippen LogP contribution in [0.15, 0.2) is 48.7 Å². The number of rotatable bonds is 7. The van der Waals surface area contributed by atoms with Crippen LogP contribution in [0.2, 0.25) is 0 Å². The van der Waals surface area contributed by atoms with Gasteiger partial charge in [0.25, 0.3) is 5.91 Å². The van der Waals surface area contributed by atoms with Gasteiger partial charge in [0.1, 0.15) is 6.61 Å². The van der Waals surface area contributed by atoms with Gasteiger partial charge in [-0.2, -0.15) is 0 Å². The van der Waals surface area contributed by atoms with Gasteiger partial charge in [0.15, 0.2) is 11.5 Å². The number of hydrogen-bond acceptors (Lipinski definition) is 5. The van der Waals surface area contributed by atoms with E-state index in [2.05, 4.69) is 10.3 Å². The van der Waals surface area contributed by atoms with Gasteiger partial charge in [-0.05, 0) is 42.3 Å². The molecule has 0 aliphatic carbocycles. The average molecular weight is 365 g/mol. The molecule has 0 bridgehead atoms. The smallest absolute Gasteiger partial charge is 0.251 e. The van der Waals surface area contributed by atoms with E-state index in [0.29, 0.717) is 36.8 Å². The monoisotopic (exact) mass is 365 g/mol. The largest absolute Gasteiger partial charge is 0.493 e. The number of benzene rings is 2. The second-order valence-corrected chi connectivity index (χ2v) is 6.13. The SMILES string of the molecule is COc1ccc(C(=O)NCc2ccc(C)c3ncccc23)cc1OCCN. The van der Waals surface area contributed by atoms with E-state index in [0.717, 1.165) is 22.0 Å². The minimum absolute atomic E-state index is 0.187. The number of nitrogens with one attached hydrogen (secondary N) is 1. The van der Waals surface area contributed by atoms with Crippen LogP contribution >= 0.6 is 0 Å². The molecule has 0 aliphatic heterocycles. The Morgan fingerprint density at radius 3 is 2.81 bits per heavy atom. The molecule has 0 aliphatic rings. The lowest BCUT2D eigenvalue weighted by Gasteiger charge is -2.13. The van der Waals surface area contributed by atoms with Gasteiger partial charge in [0, 0.05) is 30.2 Å². The van der Waals surface area contributed by atoms with Gasteiger partial charge in [0.2, 0.25) is 0 Å². The first-order valence-electron chi connectivity index (χ1n) is 8.76. The lowest BCUT2D eigenvalue weighted by atomic mass is 10.0. The number of amides is 1. The molecule has 3 rings (SSSR count). The first kappa shape index (κ1) is 18.7. The number of ether oxygens (including phenoxy) is 2. The van der Waals surface area contributed by atoms with Gasteiger partial charge in [0.05, 0.1) is 12.6 Å². The Balaban J connectivity index is 1.77. The Kier molecular flexibility index (Phi) is 5.88. The van der Waals surface area contributed by atoms with Crippen LogP contribution in [0.4, 0.5) is 0 Å². The standard InChI is InChI=1S/C21H23N3O3/c1-14-5-6-16(17-4-3-10-23-20(14)17)13-24-21(25)15-7-8-18(26-2)19(12-15)27-11-9-22/h3-8,10,12H,9,11,13,22H2,1-2H3,(H,24,25). The minimum Gasteiger partial charge on any atom is -0.493 e. The van der Waals surface area contributed by atoms with Crippen molar-refractivity contribution in [3.8, 4) is 11.5 Å². The van der Waals surface area contributed by atoms with Crippen molar-refractivity contribution >= 4 is 16.8 Å². The van der Waals surface area contributed by atoms with Crippen LogP contribution in [-0.2, 0) is 6.54 Å². The number of methoxy groups -OCH3 is 1. The summed E-state index contributed by atoms with van der Waals surface area (Å²) in [5.74, 6) is 0.879. The van der Waals surface area contributed by atoms with E-state index in [9.17, 15) is 4.79 Å². The molecule has 0 saturated heterocycles. The molecule has 0 unspecified atom stereocenters. The maximum Gasteiger partial charge on any atom is 0.251 e. The number of carbonyl (C=O) groups is 1. The lowest BCUT2D eigenvalue weighted by Crippen LogP contribution is -2.23. The first-order valence-corrected chi connectivity index (χ1v) is 8.76. The van der Waals surface area contributed by atoms with Gasteiger partial charge in [-0.25, -0.2) is 0 Å². The van der Waals surface area contributed by atoms with Crippen molar-refractivity contribution in [3.63, 3.8) is 0 Å². The summed E-state index contributed by atoms with van der Waals surface area (Å²) in [5.41, 5.74) is 9.06. The summed E-state index contributed by atoms with van der Waals surface area (Å²) in [7, 11) is 1.56. The van der Waals surface area contributed by atoms with Gasteiger partial charge in [-0.15, -0.1) is 0 Å². The number of aromatic nitrogens is 1. The zero-order valence-corrected chi connectivity index (χ0v) is 15.5. The Morgan fingerprint density at radius 2 is 2.04 bits per heavy atom. The maximum absolute atomic E-state index is 12.6. The first-order chi connectivity index (χ1) is 13.1. The van der Waals surface area contributed by atoms with Gasteiger partial charge in [-0.3, -0.25) is 9.78 Å². The molecule has 0 atom stereocenters. The number of nitrogens with zero attached hydrogens (tertiary/aromatic N) is 1. The molecule has 1 heterocycles. The molecule has 0 radical (unpaired) electrons. The molecule has 0 saturated carbocycles. The summed E-state index contributed by atoms with van der Waals surface area (Å²) >= 11 is 0. The molecule has 3 N–H and O–H groups in total. The van der Waals surface area contributed by atoms with E-state index in [1.165, 1.54) is 0 Å². The van der Waals surface area contributed by atoms with Crippen molar-refractivity contribution in [2.75, 3.05) is 20.3 Å². The Labute approximate surface area is 158 Å². The van der Waals surface area contributed by atoms with Crippen molar-refractivity contribution in [1.82, 2.24) is 10.3 Å². The number of fused-ring (bicyclic) bond motifs is 1. The number of carbonyl (C=O) groups excluding carboxylic acids is 1. The Bertz CT molecular complexity index is 957. The fourth-order valence-corrected chi connectivity index (χ4v) is 2.90. The highest BCUT2D eigenvalue weighted by molar-refractivity contribution is 5.95. The van der Waals surface area contributed by atoms with E-state index in [4.69, 9.17) is 15.2 Å². The second-order valence-electron chi connectivity index (χ2n) is 6.13. The highest BCUT2D eigenvalue weighted by Crippen LogP contribution is 2.28. The molecule has 0 fully saturated rings. The van der Waals surface area contributed by atoms with Crippen LogP contribution in [0.1, 0.15) is 21.5 Å². The second kappa shape index (κ2) is 8.51. The summed E-state index contributed by atoms with van der Waals surface area (Å²) in [6, 6.07) is 13.0. The predicted octanol–water partition coefficient (Wildman–Crippen LogP) is 2.82. The zero-order valence-electron chi connectivity index (χ0n) is 15.5. The van der Waals surface area contributed by atoms with E-state index in [-0.39, 0.29) is 5.91 Å². The van der Waals surface area contributed by atoms with Crippen molar-refractivity contribution in [2.45, 2.75) is 13.5 Å². The normalized spacial score (nSPS) is 10.6. The molecule has 140 valence electrons. The van der Waals surface area contributed by atoms with Crippen LogP contribution < -0.4 is 20.5 Å². The van der Waals surface area contributed by atoms with Crippen LogP contribution in [0.25, 0.3) is 10.9 Å². The average Bonchev–Trinajstić information content (AvgIpc) is 2.71. The van der Waals surface area contributed by atoms with Crippen LogP contribution in [-0.4, -0.2) is 31.2 Å². The highest BCUT2D eigenvalue weighted by Gasteiger charge is 2.12. The summed E-state index contributed by atoms with van der Waals surface area (Å²) in [4.78, 5) is 17.0. The van der Waals surface area contributed by atoms with E-state index in [1.54, 1.807) is 31.5 Å². The molecule has 2 aromatic carbocycles. The molecule has 1 aromatic heterocycles. The highest BCUT2D eigenvalue weighted by atomic mass is 16.5. The van der Waals surface area contributed by atoms with E-state index < -0.39 is 0 Å². The van der Waals surface area contributed by atoms with Crippen LogP contribution in [0.3, 0.4) is 0 Å². The summed E-state index contributed by atoms with van der Waals surface area (Å²) in [6.07, 6.45) is 1.78. The third-order valence-electron chi connectivity index (χ3n) is 4.30. The van der Waals surface area contributed by atoms with Gasteiger partial charge >= 0.3 is 0 Å². The van der Waals surface area contributed by atoms with Gasteiger partial charge in [-0.1, -0.05) is 18.2 Å². The summed E-state index contributed by atoms with van der Waals surface area (Å²) in [5, 5.41) is 4.00. The molecule has 3 aromatic rings. The topological polar surface area (TPSA) is 86.5 Å². The molecule has 6 heteroatoms. The van der Waals surface area contributed by atoms with Crippen molar-refractivity contribution in [2.24, 2.45) is 5.73 Å². The fraction of sp³-hybridized carbons (Fsp3) is 0.238. The van der Waals surface area contributed by atoms with Crippen LogP contribution in [0.5, 0.6) is 11.5 Å². The third-order valence-corrected chi connectivity index (χ3v) is 4.30. The number of pyridine rings is 1. The molecule has 6 nitrogen and oxygen atoms in total.